The number of carboxylic acids is 1. The number of imidazole rings is 1. The first-order valence-corrected chi connectivity index (χ1v) is 6.02. The van der Waals surface area contributed by atoms with Crippen LogP contribution in [0.5, 0.6) is 0 Å². The molecule has 1 N–H and O–H groups in total. The molecule has 6 heteroatoms. The van der Waals surface area contributed by atoms with Gasteiger partial charge >= 0.3 is 5.97 Å². The maximum atomic E-state index is 10.6. The molecule has 0 unspecified atom stereocenters. The molecule has 0 bridgehead atoms. The Bertz CT molecular complexity index is 581. The van der Waals surface area contributed by atoms with Gasteiger partial charge in [0.2, 0.25) is 0 Å². The number of hydrogen-bond donors (Lipinski definition) is 1. The second kappa shape index (κ2) is 5.42. The SMILES string of the molecule is O=C(O)CCn1ccnc1-c1ccc(Cl)c(Cl)c1. The van der Waals surface area contributed by atoms with Crippen molar-refractivity contribution < 1.29 is 9.90 Å². The van der Waals surface area contributed by atoms with Crippen molar-refractivity contribution in [1.82, 2.24) is 9.55 Å². The highest BCUT2D eigenvalue weighted by molar-refractivity contribution is 6.42. The van der Waals surface area contributed by atoms with Crippen molar-refractivity contribution in [2.75, 3.05) is 0 Å². The number of halogens is 2. The summed E-state index contributed by atoms with van der Waals surface area (Å²) in [6.45, 7) is 0.366. The summed E-state index contributed by atoms with van der Waals surface area (Å²) >= 11 is 11.8. The maximum absolute atomic E-state index is 10.6. The summed E-state index contributed by atoms with van der Waals surface area (Å²) in [5, 5.41) is 9.60. The fraction of sp³-hybridized carbons (Fsp3) is 0.167. The lowest BCUT2D eigenvalue weighted by Crippen LogP contribution is -2.05. The third kappa shape index (κ3) is 2.83. The molecule has 0 amide bonds. The Labute approximate surface area is 114 Å². The summed E-state index contributed by atoms with van der Waals surface area (Å²) in [5.41, 5.74) is 0.805. The molecule has 2 aromatic rings. The largest absolute Gasteiger partial charge is 0.481 e. The van der Waals surface area contributed by atoms with Crippen LogP contribution in [-0.2, 0) is 11.3 Å². The first-order valence-electron chi connectivity index (χ1n) is 5.26. The molecule has 0 spiro atoms. The number of aliphatic carboxylic acids is 1. The van der Waals surface area contributed by atoms with Crippen LogP contribution in [0.2, 0.25) is 10.0 Å². The minimum Gasteiger partial charge on any atom is -0.481 e. The Hall–Kier alpha value is -1.52. The molecule has 0 radical (unpaired) electrons. The van der Waals surface area contributed by atoms with Crippen LogP contribution in [0.15, 0.2) is 30.6 Å². The van der Waals surface area contributed by atoms with E-state index in [4.69, 9.17) is 28.3 Å². The Balaban J connectivity index is 2.30. The van der Waals surface area contributed by atoms with E-state index in [2.05, 4.69) is 4.98 Å². The van der Waals surface area contributed by atoms with Gasteiger partial charge in [-0.1, -0.05) is 23.2 Å². The topological polar surface area (TPSA) is 55.1 Å². The van der Waals surface area contributed by atoms with Gasteiger partial charge in [0.25, 0.3) is 0 Å². The Morgan fingerprint density at radius 1 is 1.33 bits per heavy atom. The van der Waals surface area contributed by atoms with Crippen LogP contribution >= 0.6 is 23.2 Å². The van der Waals surface area contributed by atoms with Gasteiger partial charge in [-0.2, -0.15) is 0 Å². The second-order valence-corrected chi connectivity index (χ2v) is 4.53. The van der Waals surface area contributed by atoms with Crippen molar-refractivity contribution in [3.63, 3.8) is 0 Å². The van der Waals surface area contributed by atoms with Crippen LogP contribution in [0.25, 0.3) is 11.4 Å². The zero-order valence-electron chi connectivity index (χ0n) is 9.31. The standard InChI is InChI=1S/C12H10Cl2N2O2/c13-9-2-1-8(7-10(9)14)12-15-4-6-16(12)5-3-11(17)18/h1-2,4,6-7H,3,5H2,(H,17,18). The highest BCUT2D eigenvalue weighted by Gasteiger charge is 2.09. The van der Waals surface area contributed by atoms with Crippen molar-refractivity contribution in [2.45, 2.75) is 13.0 Å². The number of aryl methyl sites for hydroxylation is 1. The molecule has 0 aliphatic rings. The molecule has 0 atom stereocenters. The molecule has 1 heterocycles. The van der Waals surface area contributed by atoms with Gasteiger partial charge in [-0.25, -0.2) is 4.98 Å². The van der Waals surface area contributed by atoms with Crippen molar-refractivity contribution in [2.24, 2.45) is 0 Å². The van der Waals surface area contributed by atoms with Gasteiger partial charge in [0, 0.05) is 24.5 Å². The number of carboxylic acid groups (broad SMARTS) is 1. The Morgan fingerprint density at radius 3 is 2.78 bits per heavy atom. The van der Waals surface area contributed by atoms with Crippen LogP contribution in [0.4, 0.5) is 0 Å². The van der Waals surface area contributed by atoms with E-state index in [0.717, 1.165) is 5.56 Å². The Kier molecular flexibility index (Phi) is 3.89. The van der Waals surface area contributed by atoms with E-state index in [0.29, 0.717) is 22.4 Å². The zero-order valence-corrected chi connectivity index (χ0v) is 10.8. The van der Waals surface area contributed by atoms with E-state index in [1.54, 1.807) is 35.2 Å². The molecule has 2 rings (SSSR count). The average molecular weight is 285 g/mol. The molecule has 0 aliphatic heterocycles. The van der Waals surface area contributed by atoms with Gasteiger partial charge in [-0.05, 0) is 18.2 Å². The fourth-order valence-electron chi connectivity index (χ4n) is 1.60. The summed E-state index contributed by atoms with van der Waals surface area (Å²) in [6, 6.07) is 5.20. The first-order chi connectivity index (χ1) is 8.58. The van der Waals surface area contributed by atoms with E-state index in [-0.39, 0.29) is 6.42 Å². The van der Waals surface area contributed by atoms with Crippen molar-refractivity contribution in [1.29, 1.82) is 0 Å². The van der Waals surface area contributed by atoms with Crippen molar-refractivity contribution >= 4 is 29.2 Å². The van der Waals surface area contributed by atoms with Gasteiger partial charge in [-0.15, -0.1) is 0 Å². The lowest BCUT2D eigenvalue weighted by Gasteiger charge is -2.07. The van der Waals surface area contributed by atoms with Crippen LogP contribution in [0.3, 0.4) is 0 Å². The lowest BCUT2D eigenvalue weighted by atomic mass is 10.2. The van der Waals surface area contributed by atoms with Crippen molar-refractivity contribution in [3.05, 3.63) is 40.6 Å². The Morgan fingerprint density at radius 2 is 2.11 bits per heavy atom. The van der Waals surface area contributed by atoms with Crippen LogP contribution in [-0.4, -0.2) is 20.6 Å². The number of hydrogen-bond acceptors (Lipinski definition) is 2. The molecule has 94 valence electrons. The van der Waals surface area contributed by atoms with Gasteiger partial charge in [0.15, 0.2) is 0 Å². The number of rotatable bonds is 4. The van der Waals surface area contributed by atoms with E-state index in [1.165, 1.54) is 0 Å². The van der Waals surface area contributed by atoms with Gasteiger partial charge < -0.3 is 9.67 Å². The molecular formula is C12H10Cl2N2O2. The molecule has 1 aromatic heterocycles. The minimum atomic E-state index is -0.844. The average Bonchev–Trinajstić information content (AvgIpc) is 2.78. The summed E-state index contributed by atoms with van der Waals surface area (Å²) in [4.78, 5) is 14.8. The monoisotopic (exact) mass is 284 g/mol. The van der Waals surface area contributed by atoms with Crippen molar-refractivity contribution in [3.8, 4) is 11.4 Å². The second-order valence-electron chi connectivity index (χ2n) is 3.72. The summed E-state index contributed by atoms with van der Waals surface area (Å²) in [6.07, 6.45) is 3.41. The normalized spacial score (nSPS) is 10.6. The number of aromatic nitrogens is 2. The fourth-order valence-corrected chi connectivity index (χ4v) is 1.90. The lowest BCUT2D eigenvalue weighted by molar-refractivity contribution is -0.137. The molecular weight excluding hydrogens is 275 g/mol. The molecule has 0 saturated carbocycles. The molecule has 0 aliphatic carbocycles. The predicted octanol–water partition coefficient (Wildman–Crippen LogP) is 3.33. The molecule has 1 aromatic carbocycles. The van der Waals surface area contributed by atoms with E-state index < -0.39 is 5.97 Å². The smallest absolute Gasteiger partial charge is 0.305 e. The number of benzene rings is 1. The minimum absolute atomic E-state index is 0.0463. The third-order valence-electron chi connectivity index (χ3n) is 2.46. The molecule has 4 nitrogen and oxygen atoms in total. The molecule has 0 fully saturated rings. The molecule has 0 saturated heterocycles. The molecule has 18 heavy (non-hydrogen) atoms. The summed E-state index contributed by atoms with van der Waals surface area (Å²) in [5.74, 6) is -0.168. The van der Waals surface area contributed by atoms with E-state index >= 15 is 0 Å². The van der Waals surface area contributed by atoms with E-state index in [9.17, 15) is 4.79 Å². The summed E-state index contributed by atoms with van der Waals surface area (Å²) < 4.78 is 1.77. The number of nitrogens with zero attached hydrogens (tertiary/aromatic N) is 2. The predicted molar refractivity (Wildman–Crippen MR) is 69.9 cm³/mol. The highest BCUT2D eigenvalue weighted by atomic mass is 35.5. The van der Waals surface area contributed by atoms with E-state index in [1.807, 2.05) is 0 Å². The summed E-state index contributed by atoms with van der Waals surface area (Å²) in [7, 11) is 0. The zero-order chi connectivity index (χ0) is 13.1. The highest BCUT2D eigenvalue weighted by Crippen LogP contribution is 2.27. The third-order valence-corrected chi connectivity index (χ3v) is 3.20. The van der Waals surface area contributed by atoms with Gasteiger partial charge in [-0.3, -0.25) is 4.79 Å². The van der Waals surface area contributed by atoms with Crippen LogP contribution in [0.1, 0.15) is 6.42 Å². The van der Waals surface area contributed by atoms with Crippen LogP contribution < -0.4 is 0 Å². The maximum Gasteiger partial charge on any atom is 0.305 e. The van der Waals surface area contributed by atoms with Gasteiger partial charge in [0.05, 0.1) is 16.5 Å². The van der Waals surface area contributed by atoms with Gasteiger partial charge in [0.1, 0.15) is 5.82 Å². The first kappa shape index (κ1) is 12.9. The van der Waals surface area contributed by atoms with Crippen LogP contribution in [0, 0.1) is 0 Å². The number of carbonyl (C=O) groups is 1. The quantitative estimate of drug-likeness (QED) is 0.937.